The van der Waals surface area contributed by atoms with Crippen LogP contribution in [0, 0.1) is 5.92 Å². The highest BCUT2D eigenvalue weighted by Crippen LogP contribution is 2.14. The fraction of sp³-hybridized carbons (Fsp3) is 0.476. The number of ether oxygens (including phenoxy) is 2. The van der Waals surface area contributed by atoms with E-state index in [-0.39, 0.29) is 24.2 Å². The van der Waals surface area contributed by atoms with Crippen LogP contribution in [0.2, 0.25) is 0 Å². The molecule has 1 heterocycles. The van der Waals surface area contributed by atoms with Crippen LogP contribution in [-0.2, 0) is 27.3 Å². The first-order chi connectivity index (χ1) is 13.5. The Morgan fingerprint density at radius 1 is 1.25 bits per heavy atom. The average Bonchev–Trinajstić information content (AvgIpc) is 3.21. The molecule has 2 aromatic rings. The second kappa shape index (κ2) is 11.1. The van der Waals surface area contributed by atoms with Crippen molar-refractivity contribution in [3.8, 4) is 5.75 Å². The first kappa shape index (κ1) is 21.5. The predicted molar refractivity (Wildman–Crippen MR) is 106 cm³/mol. The molecule has 0 N–H and O–H groups in total. The van der Waals surface area contributed by atoms with Crippen LogP contribution in [0.25, 0.3) is 0 Å². The molecule has 0 aliphatic rings. The van der Waals surface area contributed by atoms with E-state index >= 15 is 0 Å². The van der Waals surface area contributed by atoms with Gasteiger partial charge in [-0.2, -0.15) is 0 Å². The lowest BCUT2D eigenvalue weighted by molar-refractivity contribution is -0.146. The molecule has 2 rings (SSSR count). The van der Waals surface area contributed by atoms with Gasteiger partial charge in [0.15, 0.2) is 0 Å². The summed E-state index contributed by atoms with van der Waals surface area (Å²) in [6, 6.07) is 7.53. The van der Waals surface area contributed by atoms with Crippen LogP contribution >= 0.6 is 0 Å². The molecule has 0 aliphatic heterocycles. The number of amides is 1. The van der Waals surface area contributed by atoms with Gasteiger partial charge in [0.05, 0.1) is 32.4 Å². The Hall–Kier alpha value is -2.83. The van der Waals surface area contributed by atoms with Crippen molar-refractivity contribution in [1.82, 2.24) is 14.5 Å². The Kier molecular flexibility index (Phi) is 8.52. The molecule has 1 aromatic carbocycles. The minimum atomic E-state index is -0.373. The molecule has 0 saturated carbocycles. The molecule has 7 heteroatoms. The van der Waals surface area contributed by atoms with Gasteiger partial charge in [0.25, 0.3) is 0 Å². The van der Waals surface area contributed by atoms with E-state index < -0.39 is 0 Å². The summed E-state index contributed by atoms with van der Waals surface area (Å²) in [6.45, 7) is 5.98. The Labute approximate surface area is 166 Å². The molecule has 28 heavy (non-hydrogen) atoms. The van der Waals surface area contributed by atoms with Crippen molar-refractivity contribution in [2.75, 3.05) is 26.8 Å². The molecule has 1 aromatic heterocycles. The Morgan fingerprint density at radius 3 is 2.61 bits per heavy atom. The summed E-state index contributed by atoms with van der Waals surface area (Å²) in [6.07, 6.45) is 6.44. The Balaban J connectivity index is 1.98. The van der Waals surface area contributed by atoms with E-state index in [2.05, 4.69) is 4.98 Å². The van der Waals surface area contributed by atoms with Crippen molar-refractivity contribution >= 4 is 11.9 Å². The number of methoxy groups -OCH3 is 1. The standard InChI is InChI=1S/C21H29N3O4/c1-4-28-19-8-6-18(7-9-19)14-20(25)24(15-17(2)21(26)27-3)12-5-11-23-13-10-22-16-23/h6-10,13,16-17H,4-5,11-12,14-15H2,1-3H3. The number of aryl methyl sites for hydroxylation is 1. The highest BCUT2D eigenvalue weighted by Gasteiger charge is 2.21. The van der Waals surface area contributed by atoms with Crippen LogP contribution in [-0.4, -0.2) is 53.1 Å². The lowest BCUT2D eigenvalue weighted by Gasteiger charge is -2.25. The molecule has 152 valence electrons. The third kappa shape index (κ3) is 6.72. The molecule has 0 saturated heterocycles. The zero-order valence-corrected chi connectivity index (χ0v) is 16.8. The summed E-state index contributed by atoms with van der Waals surface area (Å²) in [7, 11) is 1.37. The minimum Gasteiger partial charge on any atom is -0.494 e. The van der Waals surface area contributed by atoms with Gasteiger partial charge < -0.3 is 18.9 Å². The zero-order valence-electron chi connectivity index (χ0n) is 16.8. The number of nitrogens with zero attached hydrogens (tertiary/aromatic N) is 3. The van der Waals surface area contributed by atoms with Gasteiger partial charge in [-0.15, -0.1) is 0 Å². The fourth-order valence-corrected chi connectivity index (χ4v) is 2.94. The number of carbonyl (C=O) groups excluding carboxylic acids is 2. The predicted octanol–water partition coefficient (Wildman–Crippen LogP) is 2.55. The number of rotatable bonds is 11. The van der Waals surface area contributed by atoms with E-state index in [1.807, 2.05) is 42.0 Å². The smallest absolute Gasteiger partial charge is 0.310 e. The minimum absolute atomic E-state index is 0.00876. The van der Waals surface area contributed by atoms with E-state index in [9.17, 15) is 9.59 Å². The Morgan fingerprint density at radius 2 is 2.00 bits per heavy atom. The molecule has 7 nitrogen and oxygen atoms in total. The van der Waals surface area contributed by atoms with Crippen LogP contribution in [0.1, 0.15) is 25.8 Å². The van der Waals surface area contributed by atoms with Crippen LogP contribution < -0.4 is 4.74 Å². The first-order valence-corrected chi connectivity index (χ1v) is 9.56. The average molecular weight is 387 g/mol. The zero-order chi connectivity index (χ0) is 20.4. The van der Waals surface area contributed by atoms with Crippen LogP contribution in [0.5, 0.6) is 5.75 Å². The van der Waals surface area contributed by atoms with Gasteiger partial charge >= 0.3 is 5.97 Å². The largest absolute Gasteiger partial charge is 0.494 e. The summed E-state index contributed by atoms with van der Waals surface area (Å²) in [5.74, 6) is 0.0942. The highest BCUT2D eigenvalue weighted by atomic mass is 16.5. The highest BCUT2D eigenvalue weighted by molar-refractivity contribution is 5.80. The van der Waals surface area contributed by atoms with E-state index in [1.165, 1.54) is 7.11 Å². The van der Waals surface area contributed by atoms with Crippen LogP contribution in [0.15, 0.2) is 43.0 Å². The van der Waals surface area contributed by atoms with Crippen LogP contribution in [0.3, 0.4) is 0 Å². The number of imidazole rings is 1. The molecule has 1 unspecified atom stereocenters. The van der Waals surface area contributed by atoms with Gasteiger partial charge in [0, 0.05) is 32.0 Å². The third-order valence-electron chi connectivity index (χ3n) is 4.44. The van der Waals surface area contributed by atoms with Gasteiger partial charge in [-0.3, -0.25) is 9.59 Å². The normalized spacial score (nSPS) is 11.7. The maximum Gasteiger partial charge on any atom is 0.310 e. The summed E-state index contributed by atoms with van der Waals surface area (Å²) in [5, 5.41) is 0. The number of benzene rings is 1. The SMILES string of the molecule is CCOc1ccc(CC(=O)N(CCCn2ccnc2)CC(C)C(=O)OC)cc1. The molecule has 0 bridgehead atoms. The monoisotopic (exact) mass is 387 g/mol. The second-order valence-electron chi connectivity index (χ2n) is 6.67. The topological polar surface area (TPSA) is 73.7 Å². The van der Waals surface area contributed by atoms with Crippen LogP contribution in [0.4, 0.5) is 0 Å². The second-order valence-corrected chi connectivity index (χ2v) is 6.67. The summed E-state index contributed by atoms with van der Waals surface area (Å²) < 4.78 is 12.2. The van der Waals surface area contributed by atoms with Gasteiger partial charge in [-0.05, 0) is 31.0 Å². The van der Waals surface area contributed by atoms with Gasteiger partial charge in [0.1, 0.15) is 5.75 Å². The van der Waals surface area contributed by atoms with Crippen molar-refractivity contribution in [3.05, 3.63) is 48.5 Å². The molecule has 0 aliphatic carbocycles. The van der Waals surface area contributed by atoms with Crippen molar-refractivity contribution in [2.45, 2.75) is 33.2 Å². The molecule has 1 atom stereocenters. The number of hydrogen-bond donors (Lipinski definition) is 0. The molecule has 0 radical (unpaired) electrons. The number of aromatic nitrogens is 2. The molecular formula is C21H29N3O4. The number of esters is 1. The van der Waals surface area contributed by atoms with Crippen molar-refractivity contribution in [1.29, 1.82) is 0 Å². The lowest BCUT2D eigenvalue weighted by atomic mass is 10.1. The van der Waals surface area contributed by atoms with E-state index in [4.69, 9.17) is 9.47 Å². The van der Waals surface area contributed by atoms with Gasteiger partial charge in [-0.25, -0.2) is 4.98 Å². The lowest BCUT2D eigenvalue weighted by Crippen LogP contribution is -2.39. The van der Waals surface area contributed by atoms with Gasteiger partial charge in [-0.1, -0.05) is 19.1 Å². The van der Waals surface area contributed by atoms with E-state index in [0.29, 0.717) is 19.7 Å². The van der Waals surface area contributed by atoms with Crippen molar-refractivity contribution < 1.29 is 19.1 Å². The summed E-state index contributed by atoms with van der Waals surface area (Å²) >= 11 is 0. The maximum absolute atomic E-state index is 12.9. The van der Waals surface area contributed by atoms with Gasteiger partial charge in [0.2, 0.25) is 5.91 Å². The number of carbonyl (C=O) groups is 2. The fourth-order valence-electron chi connectivity index (χ4n) is 2.94. The first-order valence-electron chi connectivity index (χ1n) is 9.56. The van der Waals surface area contributed by atoms with Crippen molar-refractivity contribution in [3.63, 3.8) is 0 Å². The third-order valence-corrected chi connectivity index (χ3v) is 4.44. The summed E-state index contributed by atoms with van der Waals surface area (Å²) in [4.78, 5) is 30.5. The van der Waals surface area contributed by atoms with E-state index in [1.54, 1.807) is 24.3 Å². The molecule has 0 fully saturated rings. The molecule has 1 amide bonds. The molecule has 0 spiro atoms. The molecular weight excluding hydrogens is 358 g/mol. The quantitative estimate of drug-likeness (QED) is 0.554. The summed E-state index contributed by atoms with van der Waals surface area (Å²) in [5.41, 5.74) is 0.916. The van der Waals surface area contributed by atoms with Crippen molar-refractivity contribution in [2.24, 2.45) is 5.92 Å². The van der Waals surface area contributed by atoms with E-state index in [0.717, 1.165) is 24.3 Å². The number of hydrogen-bond acceptors (Lipinski definition) is 5. The maximum atomic E-state index is 12.9. The Bertz CT molecular complexity index is 729.